The second kappa shape index (κ2) is 5.03. The third-order valence-corrected chi connectivity index (χ3v) is 2.59. The number of hydrogen-bond donors (Lipinski definition) is 2. The normalized spacial score (nSPS) is 18.5. The summed E-state index contributed by atoms with van der Waals surface area (Å²) in [5.41, 5.74) is 1.01. The number of aromatic nitrogens is 1. The van der Waals surface area contributed by atoms with E-state index < -0.39 is 0 Å². The van der Waals surface area contributed by atoms with Gasteiger partial charge in [-0.15, -0.1) is 0 Å². The summed E-state index contributed by atoms with van der Waals surface area (Å²) in [7, 11) is 3.98. The molecule has 5 nitrogen and oxygen atoms in total. The fraction of sp³-hybridized carbons (Fsp3) is 0.500. The van der Waals surface area contributed by atoms with E-state index in [-0.39, 0.29) is 0 Å². The monoisotopic (exact) mass is 233 g/mol. The van der Waals surface area contributed by atoms with Gasteiger partial charge in [-0.25, -0.2) is 4.98 Å². The second-order valence-electron chi connectivity index (χ2n) is 4.47. The van der Waals surface area contributed by atoms with Crippen LogP contribution in [0.2, 0.25) is 0 Å². The smallest absolute Gasteiger partial charge is 0.191 e. The van der Waals surface area contributed by atoms with Gasteiger partial charge in [0.1, 0.15) is 5.82 Å². The zero-order valence-electron chi connectivity index (χ0n) is 10.6. The summed E-state index contributed by atoms with van der Waals surface area (Å²) in [5, 5.41) is 6.51. The summed E-state index contributed by atoms with van der Waals surface area (Å²) in [6, 6.07) is 6.46. The van der Waals surface area contributed by atoms with Gasteiger partial charge in [-0.1, -0.05) is 6.07 Å². The Morgan fingerprint density at radius 1 is 1.47 bits per heavy atom. The molecule has 1 aromatic rings. The van der Waals surface area contributed by atoms with Crippen molar-refractivity contribution in [2.75, 3.05) is 25.5 Å². The van der Waals surface area contributed by atoms with Crippen LogP contribution in [0.5, 0.6) is 0 Å². The number of nitrogens with zero attached hydrogens (tertiary/aromatic N) is 3. The van der Waals surface area contributed by atoms with Crippen LogP contribution in [0, 0.1) is 0 Å². The van der Waals surface area contributed by atoms with Crippen LogP contribution in [-0.4, -0.2) is 37.6 Å². The average molecular weight is 233 g/mol. The molecule has 0 spiro atoms. The molecular formula is C12H19N5. The van der Waals surface area contributed by atoms with Crippen LogP contribution < -0.4 is 15.5 Å². The summed E-state index contributed by atoms with van der Waals surface area (Å²) in [5.74, 6) is 1.84. The fourth-order valence-corrected chi connectivity index (χ4v) is 1.65. The van der Waals surface area contributed by atoms with Crippen LogP contribution in [0.4, 0.5) is 5.82 Å². The number of anilines is 1. The zero-order chi connectivity index (χ0) is 12.3. The van der Waals surface area contributed by atoms with Gasteiger partial charge in [-0.2, -0.15) is 0 Å². The van der Waals surface area contributed by atoms with Crippen LogP contribution in [0.15, 0.2) is 23.2 Å². The third kappa shape index (κ3) is 3.09. The summed E-state index contributed by atoms with van der Waals surface area (Å²) >= 11 is 0. The van der Waals surface area contributed by atoms with E-state index >= 15 is 0 Å². The van der Waals surface area contributed by atoms with Gasteiger partial charge in [0.2, 0.25) is 0 Å². The highest BCUT2D eigenvalue weighted by molar-refractivity contribution is 5.81. The first-order chi connectivity index (χ1) is 8.15. The lowest BCUT2D eigenvalue weighted by Crippen LogP contribution is -2.37. The Labute approximate surface area is 102 Å². The summed E-state index contributed by atoms with van der Waals surface area (Å²) in [6.07, 6.45) is 0. The van der Waals surface area contributed by atoms with Crippen molar-refractivity contribution < 1.29 is 0 Å². The summed E-state index contributed by atoms with van der Waals surface area (Å²) in [4.78, 5) is 10.9. The van der Waals surface area contributed by atoms with Gasteiger partial charge in [-0.05, 0) is 19.1 Å². The highest BCUT2D eigenvalue weighted by Crippen LogP contribution is 2.07. The van der Waals surface area contributed by atoms with Crippen molar-refractivity contribution in [3.8, 4) is 0 Å². The first-order valence-electron chi connectivity index (χ1n) is 5.83. The Hall–Kier alpha value is -1.78. The van der Waals surface area contributed by atoms with Crippen molar-refractivity contribution >= 4 is 11.8 Å². The predicted molar refractivity (Wildman–Crippen MR) is 70.3 cm³/mol. The van der Waals surface area contributed by atoms with Crippen LogP contribution in [0.1, 0.15) is 12.6 Å². The van der Waals surface area contributed by atoms with E-state index in [9.17, 15) is 0 Å². The first-order valence-corrected chi connectivity index (χ1v) is 5.83. The number of aliphatic imine (C=N–C) groups is 1. The lowest BCUT2D eigenvalue weighted by atomic mass is 10.3. The first kappa shape index (κ1) is 11.7. The molecule has 0 radical (unpaired) electrons. The van der Waals surface area contributed by atoms with Gasteiger partial charge in [0.05, 0.1) is 18.8 Å². The maximum Gasteiger partial charge on any atom is 0.191 e. The van der Waals surface area contributed by atoms with Gasteiger partial charge in [0.25, 0.3) is 0 Å². The molecule has 0 fully saturated rings. The summed E-state index contributed by atoms with van der Waals surface area (Å²) < 4.78 is 0. The van der Waals surface area contributed by atoms with E-state index in [1.165, 1.54) is 0 Å². The molecule has 5 heteroatoms. The van der Waals surface area contributed by atoms with Gasteiger partial charge in [0.15, 0.2) is 5.96 Å². The molecule has 0 aromatic carbocycles. The van der Waals surface area contributed by atoms with Crippen molar-refractivity contribution in [2.24, 2.45) is 4.99 Å². The fourth-order valence-electron chi connectivity index (χ4n) is 1.65. The van der Waals surface area contributed by atoms with Gasteiger partial charge in [-0.3, -0.25) is 4.99 Å². The average Bonchev–Trinajstić information content (AvgIpc) is 2.73. The van der Waals surface area contributed by atoms with Gasteiger partial charge in [0, 0.05) is 20.1 Å². The molecule has 17 heavy (non-hydrogen) atoms. The molecule has 0 saturated heterocycles. The number of hydrogen-bond acceptors (Lipinski definition) is 5. The van der Waals surface area contributed by atoms with E-state index in [4.69, 9.17) is 0 Å². The molecule has 1 aromatic heterocycles. The molecule has 2 N–H and O–H groups in total. The molecule has 0 bridgehead atoms. The highest BCUT2D eigenvalue weighted by Gasteiger charge is 2.11. The van der Waals surface area contributed by atoms with Crippen LogP contribution >= 0.6 is 0 Å². The molecule has 1 atom stereocenters. The lowest BCUT2D eigenvalue weighted by Gasteiger charge is -2.13. The zero-order valence-corrected chi connectivity index (χ0v) is 10.6. The lowest BCUT2D eigenvalue weighted by molar-refractivity contribution is 0.711. The Morgan fingerprint density at radius 2 is 2.29 bits per heavy atom. The molecule has 0 aliphatic carbocycles. The quantitative estimate of drug-likeness (QED) is 0.802. The minimum atomic E-state index is 0.429. The van der Waals surface area contributed by atoms with Crippen molar-refractivity contribution in [3.63, 3.8) is 0 Å². The number of guanidine groups is 1. The molecule has 0 saturated carbocycles. The van der Waals surface area contributed by atoms with E-state index in [0.717, 1.165) is 24.0 Å². The van der Waals surface area contributed by atoms with E-state index in [1.807, 2.05) is 37.2 Å². The molecule has 2 heterocycles. The largest absolute Gasteiger partial charge is 0.363 e. The Bertz CT molecular complexity index is 413. The Morgan fingerprint density at radius 3 is 2.94 bits per heavy atom. The Balaban J connectivity index is 1.93. The van der Waals surface area contributed by atoms with Crippen LogP contribution in [0.25, 0.3) is 0 Å². The molecule has 92 valence electrons. The summed E-state index contributed by atoms with van der Waals surface area (Å²) in [6.45, 7) is 3.65. The molecular weight excluding hydrogens is 214 g/mol. The minimum absolute atomic E-state index is 0.429. The van der Waals surface area contributed by atoms with E-state index in [2.05, 4.69) is 27.5 Å². The van der Waals surface area contributed by atoms with Crippen molar-refractivity contribution in [1.82, 2.24) is 15.6 Å². The maximum atomic E-state index is 4.53. The second-order valence-corrected chi connectivity index (χ2v) is 4.47. The predicted octanol–water partition coefficient (Wildman–Crippen LogP) is 0.585. The van der Waals surface area contributed by atoms with Crippen molar-refractivity contribution in [3.05, 3.63) is 23.9 Å². The maximum absolute atomic E-state index is 4.53. The standard InChI is InChI=1S/C12H19N5/c1-9-7-13-12(15-9)14-8-10-5-4-6-11(16-10)17(2)3/h4-6,9H,7-8H2,1-3H3,(H2,13,14,15). The SMILES string of the molecule is CC1CN=C(NCc2cccc(N(C)C)n2)N1. The topological polar surface area (TPSA) is 52.6 Å². The molecule has 1 unspecified atom stereocenters. The van der Waals surface area contributed by atoms with Gasteiger partial charge < -0.3 is 15.5 Å². The number of pyridine rings is 1. The molecule has 1 aliphatic rings. The van der Waals surface area contributed by atoms with Crippen molar-refractivity contribution in [1.29, 1.82) is 0 Å². The van der Waals surface area contributed by atoms with E-state index in [1.54, 1.807) is 0 Å². The number of nitrogens with one attached hydrogen (secondary N) is 2. The number of rotatable bonds is 3. The minimum Gasteiger partial charge on any atom is -0.363 e. The Kier molecular flexibility index (Phi) is 3.46. The highest BCUT2D eigenvalue weighted by atomic mass is 15.2. The molecule has 1 aliphatic heterocycles. The van der Waals surface area contributed by atoms with Crippen LogP contribution in [0.3, 0.4) is 0 Å². The third-order valence-electron chi connectivity index (χ3n) is 2.59. The van der Waals surface area contributed by atoms with E-state index in [0.29, 0.717) is 12.6 Å². The molecule has 0 amide bonds. The van der Waals surface area contributed by atoms with Crippen molar-refractivity contribution in [2.45, 2.75) is 19.5 Å². The molecule has 2 rings (SSSR count). The van der Waals surface area contributed by atoms with Crippen LogP contribution in [-0.2, 0) is 6.54 Å². The van der Waals surface area contributed by atoms with Gasteiger partial charge >= 0.3 is 0 Å².